The van der Waals surface area contributed by atoms with E-state index in [1.807, 2.05) is 13.0 Å². The largest absolute Gasteiger partial charge is 0.426 e. The summed E-state index contributed by atoms with van der Waals surface area (Å²) >= 11 is 0. The van der Waals surface area contributed by atoms with Crippen LogP contribution >= 0.6 is 8.60 Å². The molecule has 0 aliphatic carbocycles. The van der Waals surface area contributed by atoms with Gasteiger partial charge in [0.2, 0.25) is 0 Å². The van der Waals surface area contributed by atoms with Crippen LogP contribution in [0.15, 0.2) is 12.1 Å². The van der Waals surface area contributed by atoms with Crippen molar-refractivity contribution in [1.82, 2.24) is 0 Å². The van der Waals surface area contributed by atoms with Gasteiger partial charge in [0.05, 0.1) is 0 Å². The van der Waals surface area contributed by atoms with Crippen LogP contribution in [0, 0.1) is 6.92 Å². The highest BCUT2D eigenvalue weighted by atomic mass is 31.2. The molecule has 0 saturated carbocycles. The predicted molar refractivity (Wildman–Crippen MR) is 80.6 cm³/mol. The molecule has 0 aliphatic heterocycles. The van der Waals surface area contributed by atoms with Crippen LogP contribution in [0.4, 0.5) is 0 Å². The first-order valence-corrected chi connectivity index (χ1v) is 7.61. The van der Waals surface area contributed by atoms with Crippen molar-refractivity contribution in [2.75, 3.05) is 0 Å². The Balaban J connectivity index is 3.60. The van der Waals surface area contributed by atoms with Gasteiger partial charge in [-0.25, -0.2) is 0 Å². The minimum Gasteiger partial charge on any atom is -0.426 e. The molecule has 19 heavy (non-hydrogen) atoms. The zero-order valence-electron chi connectivity index (χ0n) is 12.9. The van der Waals surface area contributed by atoms with E-state index in [0.29, 0.717) is 5.75 Å². The molecule has 1 aromatic rings. The second-order valence-electron chi connectivity index (χ2n) is 6.98. The molecule has 0 fully saturated rings. The Morgan fingerprint density at radius 1 is 0.947 bits per heavy atom. The molecule has 2 N–H and O–H groups in total. The molecule has 3 nitrogen and oxygen atoms in total. The summed E-state index contributed by atoms with van der Waals surface area (Å²) < 4.78 is 5.39. The minimum atomic E-state index is -2.42. The lowest BCUT2D eigenvalue weighted by molar-refractivity contribution is 0.363. The SMILES string of the molecule is Cc1ccc(C(C)(C)C)c(OP(O)O)c1C(C)(C)C. The first-order valence-electron chi connectivity index (χ1n) is 6.45. The molecule has 0 heterocycles. The summed E-state index contributed by atoms with van der Waals surface area (Å²) in [5.41, 5.74) is 2.90. The molecule has 0 unspecified atom stereocenters. The van der Waals surface area contributed by atoms with Gasteiger partial charge in [-0.3, -0.25) is 0 Å². The van der Waals surface area contributed by atoms with Crippen LogP contribution in [0.2, 0.25) is 0 Å². The summed E-state index contributed by atoms with van der Waals surface area (Å²) in [5, 5.41) is 0. The van der Waals surface area contributed by atoms with Crippen molar-refractivity contribution in [3.05, 3.63) is 28.8 Å². The Morgan fingerprint density at radius 2 is 1.47 bits per heavy atom. The maximum Gasteiger partial charge on any atom is 0.391 e. The Hall–Kier alpha value is -0.630. The van der Waals surface area contributed by atoms with E-state index in [-0.39, 0.29) is 10.8 Å². The molecule has 0 saturated heterocycles. The average molecular weight is 284 g/mol. The molecule has 0 amide bonds. The van der Waals surface area contributed by atoms with E-state index in [1.165, 1.54) is 0 Å². The van der Waals surface area contributed by atoms with E-state index in [9.17, 15) is 9.79 Å². The molecular weight excluding hydrogens is 259 g/mol. The Kier molecular flexibility index (Phi) is 4.66. The summed E-state index contributed by atoms with van der Waals surface area (Å²) in [5.74, 6) is 0.621. The third-order valence-electron chi connectivity index (χ3n) is 3.10. The molecule has 108 valence electrons. The molecule has 0 radical (unpaired) electrons. The smallest absolute Gasteiger partial charge is 0.391 e. The van der Waals surface area contributed by atoms with Crippen molar-refractivity contribution >= 4 is 8.60 Å². The third kappa shape index (κ3) is 3.92. The average Bonchev–Trinajstić information content (AvgIpc) is 2.11. The van der Waals surface area contributed by atoms with Crippen molar-refractivity contribution in [2.24, 2.45) is 0 Å². The van der Waals surface area contributed by atoms with E-state index in [4.69, 9.17) is 4.52 Å². The molecule has 0 spiro atoms. The topological polar surface area (TPSA) is 49.7 Å². The van der Waals surface area contributed by atoms with Crippen molar-refractivity contribution in [3.63, 3.8) is 0 Å². The maximum absolute atomic E-state index is 9.28. The van der Waals surface area contributed by atoms with Crippen LogP contribution in [0.1, 0.15) is 58.2 Å². The highest BCUT2D eigenvalue weighted by molar-refractivity contribution is 7.39. The van der Waals surface area contributed by atoms with Crippen molar-refractivity contribution < 1.29 is 14.3 Å². The lowest BCUT2D eigenvalue weighted by Crippen LogP contribution is -2.20. The molecule has 0 atom stereocenters. The molecular formula is C15H25O3P. The van der Waals surface area contributed by atoms with Gasteiger partial charge in [-0.05, 0) is 23.3 Å². The van der Waals surface area contributed by atoms with E-state index in [1.54, 1.807) is 0 Å². The third-order valence-corrected chi connectivity index (χ3v) is 3.44. The predicted octanol–water partition coefficient (Wildman–Crippen LogP) is 4.18. The van der Waals surface area contributed by atoms with E-state index >= 15 is 0 Å². The highest BCUT2D eigenvalue weighted by Crippen LogP contribution is 2.45. The molecule has 0 bridgehead atoms. The van der Waals surface area contributed by atoms with Crippen LogP contribution in [0.3, 0.4) is 0 Å². The fourth-order valence-electron chi connectivity index (χ4n) is 2.38. The first kappa shape index (κ1) is 16.4. The van der Waals surface area contributed by atoms with Gasteiger partial charge in [0.1, 0.15) is 5.75 Å². The lowest BCUT2D eigenvalue weighted by atomic mass is 9.77. The van der Waals surface area contributed by atoms with E-state index in [2.05, 4.69) is 47.6 Å². The second-order valence-corrected chi connectivity index (χ2v) is 7.67. The Labute approximate surface area is 117 Å². The minimum absolute atomic E-state index is 0.117. The Bertz CT molecular complexity index is 454. The quantitative estimate of drug-likeness (QED) is 0.801. The van der Waals surface area contributed by atoms with Gasteiger partial charge >= 0.3 is 8.60 Å². The second kappa shape index (κ2) is 5.40. The molecule has 0 aromatic heterocycles. The van der Waals surface area contributed by atoms with Crippen molar-refractivity contribution in [1.29, 1.82) is 0 Å². The summed E-state index contributed by atoms with van der Waals surface area (Å²) in [7, 11) is -2.42. The highest BCUT2D eigenvalue weighted by Gasteiger charge is 2.29. The molecule has 4 heteroatoms. The van der Waals surface area contributed by atoms with Gasteiger partial charge in [0.15, 0.2) is 0 Å². The van der Waals surface area contributed by atoms with Crippen LogP contribution in [-0.2, 0) is 10.8 Å². The van der Waals surface area contributed by atoms with Crippen LogP contribution in [0.5, 0.6) is 5.75 Å². The van der Waals surface area contributed by atoms with E-state index in [0.717, 1.165) is 16.7 Å². The molecule has 0 aliphatic rings. The lowest BCUT2D eigenvalue weighted by Gasteiger charge is -2.30. The standard InChI is InChI=1S/C15H25O3P/c1-10-8-9-11(14(2,3)4)13(18-19(16)17)12(10)15(5,6)7/h8-9,16-17H,1-7H3. The first-order chi connectivity index (χ1) is 8.44. The summed E-state index contributed by atoms with van der Waals surface area (Å²) in [6.45, 7) is 14.6. The van der Waals surface area contributed by atoms with Crippen molar-refractivity contribution in [2.45, 2.75) is 59.3 Å². The Morgan fingerprint density at radius 3 is 1.84 bits per heavy atom. The summed E-state index contributed by atoms with van der Waals surface area (Å²) in [4.78, 5) is 18.6. The fourth-order valence-corrected chi connectivity index (χ4v) is 2.73. The van der Waals surface area contributed by atoms with Gasteiger partial charge < -0.3 is 14.3 Å². The van der Waals surface area contributed by atoms with Crippen LogP contribution in [-0.4, -0.2) is 9.79 Å². The number of benzene rings is 1. The van der Waals surface area contributed by atoms with Crippen LogP contribution < -0.4 is 4.52 Å². The van der Waals surface area contributed by atoms with Crippen LogP contribution in [0.25, 0.3) is 0 Å². The van der Waals surface area contributed by atoms with Gasteiger partial charge in [0, 0.05) is 11.1 Å². The summed E-state index contributed by atoms with van der Waals surface area (Å²) in [6.07, 6.45) is 0. The zero-order valence-corrected chi connectivity index (χ0v) is 13.8. The molecule has 1 aromatic carbocycles. The fraction of sp³-hybridized carbons (Fsp3) is 0.600. The van der Waals surface area contributed by atoms with Gasteiger partial charge in [-0.1, -0.05) is 53.7 Å². The van der Waals surface area contributed by atoms with Gasteiger partial charge in [-0.2, -0.15) is 0 Å². The van der Waals surface area contributed by atoms with Crippen molar-refractivity contribution in [3.8, 4) is 5.75 Å². The molecule has 1 rings (SSSR count). The number of aryl methyl sites for hydroxylation is 1. The van der Waals surface area contributed by atoms with Gasteiger partial charge in [-0.15, -0.1) is 0 Å². The number of hydrogen-bond acceptors (Lipinski definition) is 3. The number of rotatable bonds is 2. The normalized spacial score (nSPS) is 12.9. The van der Waals surface area contributed by atoms with E-state index < -0.39 is 8.60 Å². The van der Waals surface area contributed by atoms with Gasteiger partial charge in [0.25, 0.3) is 0 Å². The maximum atomic E-state index is 9.28. The number of hydrogen-bond donors (Lipinski definition) is 2. The monoisotopic (exact) mass is 284 g/mol. The zero-order chi connectivity index (χ0) is 15.0. The summed E-state index contributed by atoms with van der Waals surface area (Å²) in [6, 6.07) is 4.09.